The van der Waals surface area contributed by atoms with Crippen molar-refractivity contribution in [3.8, 4) is 0 Å². The predicted octanol–water partition coefficient (Wildman–Crippen LogP) is -0.308. The number of nitrogens with two attached hydrogens (primary N) is 1. The van der Waals surface area contributed by atoms with Crippen molar-refractivity contribution < 1.29 is 24.3 Å². The van der Waals surface area contributed by atoms with Crippen molar-refractivity contribution in [1.82, 2.24) is 15.5 Å². The van der Waals surface area contributed by atoms with E-state index in [0.29, 0.717) is 19.4 Å². The highest BCUT2D eigenvalue weighted by molar-refractivity contribution is 5.93. The standard InChI is InChI=1S/C18H32N4O5/c1-5-11(4)14(19)16(24)20-9-13(23)21-15(10(2)3)17(25)22-8-6-7-12(22)18(26)27/h10-12,14-15H,5-9,19H2,1-4H3,(H,20,24)(H,21,23)(H,26,27). The van der Waals surface area contributed by atoms with Crippen LogP contribution in [0.5, 0.6) is 0 Å². The molecule has 0 aromatic carbocycles. The molecule has 27 heavy (non-hydrogen) atoms. The Morgan fingerprint density at radius 3 is 2.37 bits per heavy atom. The molecule has 0 aromatic heterocycles. The normalized spacial score (nSPS) is 20.1. The molecule has 3 amide bonds. The number of hydrogen-bond donors (Lipinski definition) is 4. The van der Waals surface area contributed by atoms with Crippen molar-refractivity contribution in [3.63, 3.8) is 0 Å². The number of nitrogens with zero attached hydrogens (tertiary/aromatic N) is 1. The number of likely N-dealkylation sites (tertiary alicyclic amines) is 1. The summed E-state index contributed by atoms with van der Waals surface area (Å²) in [6.07, 6.45) is 1.76. The molecule has 1 saturated heterocycles. The maximum atomic E-state index is 12.8. The minimum Gasteiger partial charge on any atom is -0.480 e. The second-order valence-electron chi connectivity index (χ2n) is 7.45. The predicted molar refractivity (Wildman–Crippen MR) is 99.6 cm³/mol. The van der Waals surface area contributed by atoms with Crippen LogP contribution in [0.25, 0.3) is 0 Å². The molecule has 1 fully saturated rings. The average Bonchev–Trinajstić information content (AvgIpc) is 3.12. The fraction of sp³-hybridized carbons (Fsp3) is 0.778. The van der Waals surface area contributed by atoms with Gasteiger partial charge in [-0.05, 0) is 24.7 Å². The quantitative estimate of drug-likeness (QED) is 0.430. The van der Waals surface area contributed by atoms with E-state index in [4.69, 9.17) is 5.73 Å². The fourth-order valence-corrected chi connectivity index (χ4v) is 3.00. The van der Waals surface area contributed by atoms with E-state index in [1.54, 1.807) is 13.8 Å². The van der Waals surface area contributed by atoms with E-state index in [2.05, 4.69) is 10.6 Å². The van der Waals surface area contributed by atoms with Gasteiger partial charge in [0.1, 0.15) is 12.1 Å². The molecule has 0 aromatic rings. The van der Waals surface area contributed by atoms with E-state index in [0.717, 1.165) is 6.42 Å². The van der Waals surface area contributed by atoms with Crippen molar-refractivity contribution >= 4 is 23.7 Å². The zero-order valence-corrected chi connectivity index (χ0v) is 16.5. The first-order valence-electron chi connectivity index (χ1n) is 9.46. The lowest BCUT2D eigenvalue weighted by atomic mass is 9.99. The highest BCUT2D eigenvalue weighted by Crippen LogP contribution is 2.20. The second kappa shape index (κ2) is 10.2. The first-order valence-corrected chi connectivity index (χ1v) is 9.46. The molecule has 1 heterocycles. The summed E-state index contributed by atoms with van der Waals surface area (Å²) < 4.78 is 0. The van der Waals surface area contributed by atoms with Gasteiger partial charge in [0.2, 0.25) is 17.7 Å². The Balaban J connectivity index is 2.66. The fourth-order valence-electron chi connectivity index (χ4n) is 3.00. The van der Waals surface area contributed by atoms with Gasteiger partial charge in [-0.25, -0.2) is 4.79 Å². The molecule has 0 spiro atoms. The summed E-state index contributed by atoms with van der Waals surface area (Å²) in [7, 11) is 0. The lowest BCUT2D eigenvalue weighted by Crippen LogP contribution is -2.55. The highest BCUT2D eigenvalue weighted by Gasteiger charge is 2.38. The Bertz CT molecular complexity index is 566. The molecule has 0 saturated carbocycles. The molecule has 9 nitrogen and oxygen atoms in total. The molecule has 4 atom stereocenters. The molecule has 9 heteroatoms. The third kappa shape index (κ3) is 6.20. The first-order chi connectivity index (χ1) is 12.6. The lowest BCUT2D eigenvalue weighted by Gasteiger charge is -2.29. The van der Waals surface area contributed by atoms with Crippen LogP contribution in [0, 0.1) is 11.8 Å². The summed E-state index contributed by atoms with van der Waals surface area (Å²) in [5.74, 6) is -2.63. The zero-order valence-electron chi connectivity index (χ0n) is 16.5. The average molecular weight is 384 g/mol. The SMILES string of the molecule is CCC(C)C(N)C(=O)NCC(=O)NC(C(=O)N1CCCC1C(=O)O)C(C)C. The first kappa shape index (κ1) is 22.9. The van der Waals surface area contributed by atoms with E-state index < -0.39 is 41.8 Å². The van der Waals surface area contributed by atoms with Crippen LogP contribution in [0.2, 0.25) is 0 Å². The summed E-state index contributed by atoms with van der Waals surface area (Å²) in [6.45, 7) is 7.38. The largest absolute Gasteiger partial charge is 0.480 e. The van der Waals surface area contributed by atoms with Gasteiger partial charge in [-0.3, -0.25) is 14.4 Å². The Morgan fingerprint density at radius 1 is 1.22 bits per heavy atom. The van der Waals surface area contributed by atoms with Gasteiger partial charge < -0.3 is 26.4 Å². The zero-order chi connectivity index (χ0) is 20.7. The number of carboxylic acid groups (broad SMARTS) is 1. The molecule has 5 N–H and O–H groups in total. The minimum absolute atomic E-state index is 0.0128. The van der Waals surface area contributed by atoms with E-state index >= 15 is 0 Å². The third-order valence-corrected chi connectivity index (χ3v) is 5.05. The van der Waals surface area contributed by atoms with Gasteiger partial charge in [-0.2, -0.15) is 0 Å². The van der Waals surface area contributed by atoms with E-state index in [9.17, 15) is 24.3 Å². The van der Waals surface area contributed by atoms with Gasteiger partial charge in [0.25, 0.3) is 0 Å². The number of carboxylic acids is 1. The Hall–Kier alpha value is -2.16. The number of hydrogen-bond acceptors (Lipinski definition) is 5. The van der Waals surface area contributed by atoms with Gasteiger partial charge in [0, 0.05) is 6.54 Å². The maximum absolute atomic E-state index is 12.8. The van der Waals surface area contributed by atoms with Gasteiger partial charge in [-0.15, -0.1) is 0 Å². The van der Waals surface area contributed by atoms with Crippen LogP contribution in [0.15, 0.2) is 0 Å². The van der Waals surface area contributed by atoms with Crippen LogP contribution in [0.3, 0.4) is 0 Å². The van der Waals surface area contributed by atoms with Gasteiger partial charge in [0.05, 0.1) is 12.6 Å². The second-order valence-corrected chi connectivity index (χ2v) is 7.45. The lowest BCUT2D eigenvalue weighted by molar-refractivity contribution is -0.150. The third-order valence-electron chi connectivity index (χ3n) is 5.05. The van der Waals surface area contributed by atoms with Crippen molar-refractivity contribution in [2.75, 3.05) is 13.1 Å². The van der Waals surface area contributed by atoms with Gasteiger partial charge in [-0.1, -0.05) is 34.1 Å². The molecule has 154 valence electrons. The topological polar surface area (TPSA) is 142 Å². The van der Waals surface area contributed by atoms with Crippen LogP contribution < -0.4 is 16.4 Å². The summed E-state index contributed by atoms with van der Waals surface area (Å²) in [5.41, 5.74) is 5.82. The highest BCUT2D eigenvalue weighted by atomic mass is 16.4. The molecule has 4 unspecified atom stereocenters. The smallest absolute Gasteiger partial charge is 0.326 e. The maximum Gasteiger partial charge on any atom is 0.326 e. The number of amides is 3. The van der Waals surface area contributed by atoms with Crippen molar-refractivity contribution in [2.24, 2.45) is 17.6 Å². The van der Waals surface area contributed by atoms with Gasteiger partial charge >= 0.3 is 5.97 Å². The summed E-state index contributed by atoms with van der Waals surface area (Å²) in [6, 6.07) is -2.41. The minimum atomic E-state index is -1.04. The number of aliphatic carboxylic acids is 1. The molecule has 1 rings (SSSR count). The van der Waals surface area contributed by atoms with E-state index in [1.807, 2.05) is 13.8 Å². The summed E-state index contributed by atoms with van der Waals surface area (Å²) in [4.78, 5) is 49.6. The van der Waals surface area contributed by atoms with Crippen LogP contribution >= 0.6 is 0 Å². The number of rotatable bonds is 9. The number of carbonyl (C=O) groups is 4. The monoisotopic (exact) mass is 384 g/mol. The molecular weight excluding hydrogens is 352 g/mol. The molecular formula is C18H32N4O5. The van der Waals surface area contributed by atoms with Crippen LogP contribution in [-0.2, 0) is 19.2 Å². The molecule has 1 aliphatic heterocycles. The molecule has 1 aliphatic rings. The van der Waals surface area contributed by atoms with Crippen molar-refractivity contribution in [2.45, 2.75) is 65.1 Å². The number of nitrogens with one attached hydrogen (secondary N) is 2. The van der Waals surface area contributed by atoms with E-state index in [1.165, 1.54) is 4.90 Å². The molecule has 0 aliphatic carbocycles. The Labute approximate surface area is 160 Å². The van der Waals surface area contributed by atoms with Crippen LogP contribution in [-0.4, -0.2) is 64.9 Å². The summed E-state index contributed by atoms with van der Waals surface area (Å²) in [5, 5.41) is 14.4. The Morgan fingerprint density at radius 2 is 1.85 bits per heavy atom. The van der Waals surface area contributed by atoms with Gasteiger partial charge in [0.15, 0.2) is 0 Å². The Kier molecular flexibility index (Phi) is 8.68. The molecule has 0 radical (unpaired) electrons. The van der Waals surface area contributed by atoms with Crippen molar-refractivity contribution in [1.29, 1.82) is 0 Å². The van der Waals surface area contributed by atoms with E-state index in [-0.39, 0.29) is 18.4 Å². The molecule has 0 bridgehead atoms. The number of carbonyl (C=O) groups excluding carboxylic acids is 3. The van der Waals surface area contributed by atoms with Crippen molar-refractivity contribution in [3.05, 3.63) is 0 Å². The summed E-state index contributed by atoms with van der Waals surface area (Å²) >= 11 is 0. The van der Waals surface area contributed by atoms with Crippen LogP contribution in [0.4, 0.5) is 0 Å². The van der Waals surface area contributed by atoms with Crippen LogP contribution in [0.1, 0.15) is 47.0 Å².